The lowest BCUT2D eigenvalue weighted by atomic mass is 10.3. The number of halogens is 3. The summed E-state index contributed by atoms with van der Waals surface area (Å²) < 4.78 is 43.0. The van der Waals surface area contributed by atoms with E-state index in [4.69, 9.17) is 10.5 Å². The minimum Gasteiger partial charge on any atom is -0.396 e. The molecule has 21 heavy (non-hydrogen) atoms. The third-order valence-electron chi connectivity index (χ3n) is 2.47. The average molecular weight is 308 g/mol. The number of hydrogen-bond donors (Lipinski definition) is 2. The minimum atomic E-state index is -4.47. The molecule has 0 saturated carbocycles. The molecule has 1 aromatic rings. The lowest BCUT2D eigenvalue weighted by molar-refractivity contribution is -0.142. The van der Waals surface area contributed by atoms with Gasteiger partial charge in [-0.05, 0) is 20.3 Å². The Morgan fingerprint density at radius 3 is 2.76 bits per heavy atom. The van der Waals surface area contributed by atoms with Gasteiger partial charge in [0.1, 0.15) is 12.2 Å². The van der Waals surface area contributed by atoms with Gasteiger partial charge in [-0.15, -0.1) is 0 Å². The predicted molar refractivity (Wildman–Crippen MR) is 70.7 cm³/mol. The Morgan fingerprint density at radius 1 is 1.52 bits per heavy atom. The van der Waals surface area contributed by atoms with E-state index in [1.807, 2.05) is 13.8 Å². The van der Waals surface area contributed by atoms with Crippen molar-refractivity contribution >= 4 is 11.6 Å². The minimum absolute atomic E-state index is 0.0876. The number of ether oxygens (including phenoxy) is 1. The summed E-state index contributed by atoms with van der Waals surface area (Å²) in [6.45, 7) is 3.14. The van der Waals surface area contributed by atoms with Gasteiger partial charge in [-0.25, -0.2) is 4.68 Å². The molecule has 0 atom stereocenters. The highest BCUT2D eigenvalue weighted by atomic mass is 19.4. The molecule has 0 unspecified atom stereocenters. The van der Waals surface area contributed by atoms with Crippen LogP contribution in [0.25, 0.3) is 0 Å². The van der Waals surface area contributed by atoms with Crippen molar-refractivity contribution < 1.29 is 22.7 Å². The molecular weight excluding hydrogens is 289 g/mol. The van der Waals surface area contributed by atoms with Gasteiger partial charge < -0.3 is 15.8 Å². The van der Waals surface area contributed by atoms with E-state index in [0.29, 0.717) is 17.7 Å². The highest BCUT2D eigenvalue weighted by Crippen LogP contribution is 2.20. The van der Waals surface area contributed by atoms with E-state index in [9.17, 15) is 18.0 Å². The third kappa shape index (κ3) is 6.03. The Bertz CT molecular complexity index is 472. The molecule has 1 aromatic heterocycles. The van der Waals surface area contributed by atoms with Crippen molar-refractivity contribution in [2.24, 2.45) is 0 Å². The van der Waals surface area contributed by atoms with E-state index < -0.39 is 18.6 Å². The van der Waals surface area contributed by atoms with Gasteiger partial charge in [-0.1, -0.05) is 0 Å². The van der Waals surface area contributed by atoms with Crippen LogP contribution in [0.5, 0.6) is 0 Å². The summed E-state index contributed by atoms with van der Waals surface area (Å²) in [5.74, 6) is -0.682. The smallest absolute Gasteiger partial charge is 0.396 e. The number of nitrogens with zero attached hydrogens (tertiary/aromatic N) is 2. The molecule has 120 valence electrons. The fourth-order valence-corrected chi connectivity index (χ4v) is 1.61. The monoisotopic (exact) mass is 308 g/mol. The Morgan fingerprint density at radius 2 is 2.19 bits per heavy atom. The molecule has 0 aromatic carbocycles. The van der Waals surface area contributed by atoms with Crippen LogP contribution in [-0.4, -0.2) is 41.1 Å². The summed E-state index contributed by atoms with van der Waals surface area (Å²) in [4.78, 5) is 11.9. The van der Waals surface area contributed by atoms with Crippen molar-refractivity contribution in [2.45, 2.75) is 39.1 Å². The van der Waals surface area contributed by atoms with Crippen LogP contribution in [0.1, 0.15) is 30.8 Å². The van der Waals surface area contributed by atoms with Gasteiger partial charge >= 0.3 is 6.18 Å². The molecule has 0 aliphatic heterocycles. The summed E-state index contributed by atoms with van der Waals surface area (Å²) >= 11 is 0. The van der Waals surface area contributed by atoms with Crippen molar-refractivity contribution in [1.82, 2.24) is 15.1 Å². The van der Waals surface area contributed by atoms with E-state index in [1.54, 1.807) is 0 Å². The summed E-state index contributed by atoms with van der Waals surface area (Å²) in [7, 11) is 0. The number of anilines is 1. The van der Waals surface area contributed by atoms with Gasteiger partial charge in [0.15, 0.2) is 0 Å². The zero-order chi connectivity index (χ0) is 16.0. The number of amides is 1. The number of aromatic nitrogens is 2. The van der Waals surface area contributed by atoms with E-state index >= 15 is 0 Å². The van der Waals surface area contributed by atoms with Gasteiger partial charge in [0.05, 0.1) is 18.0 Å². The second-order valence-corrected chi connectivity index (χ2v) is 4.75. The number of nitrogens with one attached hydrogen (secondary N) is 1. The van der Waals surface area contributed by atoms with Crippen molar-refractivity contribution in [3.63, 3.8) is 0 Å². The van der Waals surface area contributed by atoms with Crippen molar-refractivity contribution in [1.29, 1.82) is 0 Å². The molecule has 1 rings (SSSR count). The van der Waals surface area contributed by atoms with Gasteiger partial charge in [0, 0.05) is 13.2 Å². The Kier molecular flexibility index (Phi) is 6.01. The van der Waals surface area contributed by atoms with E-state index in [2.05, 4.69) is 10.4 Å². The lowest BCUT2D eigenvalue weighted by Gasteiger charge is -2.11. The zero-order valence-corrected chi connectivity index (χ0v) is 11.9. The molecule has 0 fully saturated rings. The van der Waals surface area contributed by atoms with Crippen LogP contribution in [0.3, 0.4) is 0 Å². The summed E-state index contributed by atoms with van der Waals surface area (Å²) in [5.41, 5.74) is 5.13. The number of hydrogen-bond acceptors (Lipinski definition) is 4. The molecule has 0 bridgehead atoms. The fraction of sp³-hybridized carbons (Fsp3) is 0.667. The molecule has 0 radical (unpaired) electrons. The first kappa shape index (κ1) is 17.3. The van der Waals surface area contributed by atoms with Crippen LogP contribution < -0.4 is 11.1 Å². The lowest BCUT2D eigenvalue weighted by Crippen LogP contribution is -2.30. The molecule has 0 aliphatic carbocycles. The second kappa shape index (κ2) is 7.30. The Balaban J connectivity index is 2.56. The number of rotatable bonds is 7. The molecule has 0 saturated heterocycles. The number of nitrogens with two attached hydrogens (primary N) is 1. The average Bonchev–Trinajstić information content (AvgIpc) is 2.67. The zero-order valence-electron chi connectivity index (χ0n) is 11.9. The molecule has 9 heteroatoms. The first-order chi connectivity index (χ1) is 9.70. The van der Waals surface area contributed by atoms with E-state index in [1.165, 1.54) is 0 Å². The van der Waals surface area contributed by atoms with Crippen molar-refractivity contribution in [3.8, 4) is 0 Å². The van der Waals surface area contributed by atoms with Gasteiger partial charge in [-0.3, -0.25) is 4.79 Å². The van der Waals surface area contributed by atoms with E-state index in [-0.39, 0.29) is 24.0 Å². The molecular formula is C12H19F3N4O2. The SMILES string of the molecule is CC(C)OCCCNC(=O)c1c(N)cnn1CC(F)(F)F. The van der Waals surface area contributed by atoms with Crippen LogP contribution in [0.15, 0.2) is 6.20 Å². The first-order valence-electron chi connectivity index (χ1n) is 6.48. The summed E-state index contributed by atoms with van der Waals surface area (Å²) in [6.07, 6.45) is -2.80. The van der Waals surface area contributed by atoms with E-state index in [0.717, 1.165) is 6.20 Å². The maximum Gasteiger partial charge on any atom is 0.408 e. The van der Waals surface area contributed by atoms with Gasteiger partial charge in [-0.2, -0.15) is 18.3 Å². The number of carbonyl (C=O) groups excluding carboxylic acids is 1. The number of carbonyl (C=O) groups is 1. The second-order valence-electron chi connectivity index (χ2n) is 4.75. The van der Waals surface area contributed by atoms with Gasteiger partial charge in [0.25, 0.3) is 5.91 Å². The predicted octanol–water partition coefficient (Wildman–Crippen LogP) is 1.57. The van der Waals surface area contributed by atoms with Crippen LogP contribution >= 0.6 is 0 Å². The molecule has 1 heterocycles. The van der Waals surface area contributed by atoms with Crippen molar-refractivity contribution in [3.05, 3.63) is 11.9 Å². The topological polar surface area (TPSA) is 82.2 Å². The largest absolute Gasteiger partial charge is 0.408 e. The Labute approximate surface area is 120 Å². The Hall–Kier alpha value is -1.77. The molecule has 1 amide bonds. The number of alkyl halides is 3. The van der Waals surface area contributed by atoms with Crippen LogP contribution in [0.4, 0.5) is 18.9 Å². The molecule has 0 aliphatic rings. The normalized spacial score (nSPS) is 11.9. The molecule has 6 nitrogen and oxygen atoms in total. The quantitative estimate of drug-likeness (QED) is 0.749. The highest BCUT2D eigenvalue weighted by molar-refractivity contribution is 5.97. The van der Waals surface area contributed by atoms with Crippen LogP contribution in [0, 0.1) is 0 Å². The van der Waals surface area contributed by atoms with Crippen LogP contribution in [-0.2, 0) is 11.3 Å². The molecule has 0 spiro atoms. The first-order valence-corrected chi connectivity index (χ1v) is 6.48. The fourth-order valence-electron chi connectivity index (χ4n) is 1.61. The third-order valence-corrected chi connectivity index (χ3v) is 2.47. The number of nitrogen functional groups attached to an aromatic ring is 1. The van der Waals surface area contributed by atoms with Gasteiger partial charge in [0.2, 0.25) is 0 Å². The summed E-state index contributed by atoms with van der Waals surface area (Å²) in [5, 5.41) is 5.97. The molecule has 3 N–H and O–H groups in total. The standard InChI is InChI=1S/C12H19F3N4O2/c1-8(2)21-5-3-4-17-11(20)10-9(16)6-18-19(10)7-12(13,14)15/h6,8H,3-5,7,16H2,1-2H3,(H,17,20). The maximum absolute atomic E-state index is 12.4. The van der Waals surface area contributed by atoms with Crippen LogP contribution in [0.2, 0.25) is 0 Å². The van der Waals surface area contributed by atoms with Crippen molar-refractivity contribution in [2.75, 3.05) is 18.9 Å². The highest BCUT2D eigenvalue weighted by Gasteiger charge is 2.31. The summed E-state index contributed by atoms with van der Waals surface area (Å²) in [6, 6.07) is 0. The maximum atomic E-state index is 12.4.